The van der Waals surface area contributed by atoms with Gasteiger partial charge in [0.15, 0.2) is 5.82 Å². The van der Waals surface area contributed by atoms with Crippen molar-refractivity contribution in [2.45, 2.75) is 45.2 Å². The zero-order valence-electron chi connectivity index (χ0n) is 18.1. The molecule has 0 N–H and O–H groups in total. The number of rotatable bonds is 2. The summed E-state index contributed by atoms with van der Waals surface area (Å²) < 4.78 is 27.9. The van der Waals surface area contributed by atoms with Gasteiger partial charge in [-0.3, -0.25) is 4.79 Å². The zero-order valence-corrected chi connectivity index (χ0v) is 19.6. The summed E-state index contributed by atoms with van der Waals surface area (Å²) in [6.07, 6.45) is 2.30. The lowest BCUT2D eigenvalue weighted by atomic mass is 9.76. The normalized spacial score (nSPS) is 21.6. The van der Waals surface area contributed by atoms with E-state index < -0.39 is 5.82 Å². The number of hydrogen-bond donors (Lipinski definition) is 0. The van der Waals surface area contributed by atoms with Crippen LogP contribution in [0.4, 0.5) is 8.78 Å². The third-order valence-corrected chi connectivity index (χ3v) is 7.34. The van der Waals surface area contributed by atoms with Crippen LogP contribution in [0.1, 0.15) is 53.2 Å². The van der Waals surface area contributed by atoms with Crippen LogP contribution in [0.5, 0.6) is 0 Å². The van der Waals surface area contributed by atoms with Crippen molar-refractivity contribution in [2.24, 2.45) is 5.92 Å². The SMILES string of the molecule is Cc1nc(-c2ccc(F)cc2)c2c(n1)[C@H]1[C@H](C)CC[C@@H](C2)N1C(=O)c1ccc(Cl)c(F)c1Cl. The van der Waals surface area contributed by atoms with Gasteiger partial charge >= 0.3 is 0 Å². The van der Waals surface area contributed by atoms with Crippen LogP contribution in [-0.4, -0.2) is 26.8 Å². The van der Waals surface area contributed by atoms with Crippen LogP contribution in [0.15, 0.2) is 36.4 Å². The van der Waals surface area contributed by atoms with Gasteiger partial charge in [-0.05, 0) is 68.5 Å². The van der Waals surface area contributed by atoms with Gasteiger partial charge in [0, 0.05) is 17.2 Å². The van der Waals surface area contributed by atoms with Crippen molar-refractivity contribution in [3.8, 4) is 11.3 Å². The van der Waals surface area contributed by atoms with Crippen molar-refractivity contribution in [2.75, 3.05) is 0 Å². The minimum atomic E-state index is -0.795. The number of hydrogen-bond acceptors (Lipinski definition) is 3. The second kappa shape index (κ2) is 8.33. The number of aryl methyl sites for hydroxylation is 1. The van der Waals surface area contributed by atoms with E-state index in [0.717, 1.165) is 35.4 Å². The highest BCUT2D eigenvalue weighted by molar-refractivity contribution is 6.37. The molecule has 0 unspecified atom stereocenters. The third kappa shape index (κ3) is 3.69. The molecular weight excluding hydrogens is 467 g/mol. The number of piperidine rings is 1. The fourth-order valence-electron chi connectivity index (χ4n) is 5.12. The molecular formula is C25H21Cl2F2N3O. The Morgan fingerprint density at radius 2 is 1.79 bits per heavy atom. The Morgan fingerprint density at radius 3 is 2.52 bits per heavy atom. The largest absolute Gasteiger partial charge is 0.326 e. The van der Waals surface area contributed by atoms with Crippen LogP contribution in [0.3, 0.4) is 0 Å². The first-order chi connectivity index (χ1) is 15.8. The molecule has 3 aromatic rings. The van der Waals surface area contributed by atoms with Crippen molar-refractivity contribution in [1.29, 1.82) is 0 Å². The summed E-state index contributed by atoms with van der Waals surface area (Å²) in [7, 11) is 0. The monoisotopic (exact) mass is 487 g/mol. The summed E-state index contributed by atoms with van der Waals surface area (Å²) in [5.41, 5.74) is 3.45. The van der Waals surface area contributed by atoms with Gasteiger partial charge in [0.1, 0.15) is 11.6 Å². The first-order valence-corrected chi connectivity index (χ1v) is 11.6. The molecule has 2 aromatic carbocycles. The summed E-state index contributed by atoms with van der Waals surface area (Å²) in [5.74, 6) is -0.727. The molecule has 0 spiro atoms. The van der Waals surface area contributed by atoms with E-state index >= 15 is 0 Å². The Balaban J connectivity index is 1.64. The maximum Gasteiger partial charge on any atom is 0.256 e. The van der Waals surface area contributed by atoms with Crippen molar-refractivity contribution in [3.63, 3.8) is 0 Å². The van der Waals surface area contributed by atoms with Crippen LogP contribution in [0.25, 0.3) is 11.3 Å². The predicted molar refractivity (Wildman–Crippen MR) is 123 cm³/mol. The first-order valence-electron chi connectivity index (χ1n) is 10.9. The van der Waals surface area contributed by atoms with Crippen LogP contribution in [0.2, 0.25) is 10.0 Å². The lowest BCUT2D eigenvalue weighted by molar-refractivity contribution is 0.0226. The number of amides is 1. The minimum absolute atomic E-state index is 0.0932. The van der Waals surface area contributed by atoms with E-state index in [2.05, 4.69) is 11.9 Å². The van der Waals surface area contributed by atoms with Gasteiger partial charge in [-0.2, -0.15) is 0 Å². The summed E-state index contributed by atoms with van der Waals surface area (Å²) in [5, 5.41) is -0.392. The van der Waals surface area contributed by atoms with Gasteiger partial charge in [0.25, 0.3) is 5.91 Å². The molecule has 3 atom stereocenters. The molecule has 8 heteroatoms. The van der Waals surface area contributed by atoms with Gasteiger partial charge < -0.3 is 4.90 Å². The lowest BCUT2D eigenvalue weighted by Crippen LogP contribution is -2.53. The van der Waals surface area contributed by atoms with E-state index in [9.17, 15) is 13.6 Å². The summed E-state index contributed by atoms with van der Waals surface area (Å²) in [6.45, 7) is 3.90. The molecule has 33 heavy (non-hydrogen) atoms. The molecule has 0 saturated carbocycles. The second-order valence-corrected chi connectivity index (χ2v) is 9.57. The van der Waals surface area contributed by atoms with Crippen molar-refractivity contribution in [1.82, 2.24) is 14.9 Å². The summed E-state index contributed by atoms with van der Waals surface area (Å²) in [4.78, 5) is 24.9. The average Bonchev–Trinajstić information content (AvgIpc) is 2.79. The number of nitrogens with zero attached hydrogens (tertiary/aromatic N) is 3. The molecule has 1 aromatic heterocycles. The van der Waals surface area contributed by atoms with E-state index in [-0.39, 0.29) is 45.3 Å². The van der Waals surface area contributed by atoms with Gasteiger partial charge in [0.05, 0.1) is 33.0 Å². The van der Waals surface area contributed by atoms with Crippen LogP contribution in [-0.2, 0) is 6.42 Å². The predicted octanol–water partition coefficient (Wildman–Crippen LogP) is 6.58. The highest BCUT2D eigenvalue weighted by Gasteiger charge is 2.46. The van der Waals surface area contributed by atoms with Gasteiger partial charge in [-0.1, -0.05) is 30.1 Å². The Bertz CT molecular complexity index is 1270. The van der Waals surface area contributed by atoms with Gasteiger partial charge in [-0.15, -0.1) is 0 Å². The highest BCUT2D eigenvalue weighted by Crippen LogP contribution is 2.47. The first kappa shape index (κ1) is 22.2. The minimum Gasteiger partial charge on any atom is -0.326 e. The standard InChI is InChI=1S/C25H21Cl2F2N3O/c1-12-3-8-16-11-18-22(14-4-6-15(28)7-5-14)30-13(2)31-23(18)24(12)32(16)25(33)17-9-10-19(26)21(29)20(17)27/h4-7,9-10,12,16,24H,3,8,11H2,1-2H3/t12-,16+,24-/m1/s1. The number of benzene rings is 2. The van der Waals surface area contributed by atoms with Crippen molar-refractivity contribution in [3.05, 3.63) is 80.7 Å². The quantitative estimate of drug-likeness (QED) is 0.383. The highest BCUT2D eigenvalue weighted by atomic mass is 35.5. The fourth-order valence-corrected chi connectivity index (χ4v) is 5.57. The molecule has 2 bridgehead atoms. The molecule has 2 aliphatic rings. The van der Waals surface area contributed by atoms with Crippen LogP contribution < -0.4 is 0 Å². The molecule has 2 aliphatic heterocycles. The number of carbonyl (C=O) groups is 1. The van der Waals surface area contributed by atoms with Gasteiger partial charge in [0.2, 0.25) is 0 Å². The van der Waals surface area contributed by atoms with Gasteiger partial charge in [-0.25, -0.2) is 18.7 Å². The number of fused-ring (bicyclic) bond motifs is 4. The Labute approximate surface area is 200 Å². The molecule has 4 nitrogen and oxygen atoms in total. The van der Waals surface area contributed by atoms with Crippen molar-refractivity contribution < 1.29 is 13.6 Å². The summed E-state index contributed by atoms with van der Waals surface area (Å²) >= 11 is 12.0. The lowest BCUT2D eigenvalue weighted by Gasteiger charge is -2.49. The Morgan fingerprint density at radius 1 is 1.06 bits per heavy atom. The fraction of sp³-hybridized carbons (Fsp3) is 0.320. The summed E-state index contributed by atoms with van der Waals surface area (Å²) in [6, 6.07) is 8.68. The van der Waals surface area contributed by atoms with E-state index in [1.807, 2.05) is 11.8 Å². The maximum atomic E-state index is 14.4. The smallest absolute Gasteiger partial charge is 0.256 e. The second-order valence-electron chi connectivity index (χ2n) is 8.78. The molecule has 1 amide bonds. The third-order valence-electron chi connectivity index (χ3n) is 6.68. The zero-order chi connectivity index (χ0) is 23.4. The van der Waals surface area contributed by atoms with E-state index in [1.54, 1.807) is 12.1 Å². The molecule has 1 fully saturated rings. The molecule has 1 saturated heterocycles. The van der Waals surface area contributed by atoms with E-state index in [4.69, 9.17) is 28.2 Å². The van der Waals surface area contributed by atoms with Crippen LogP contribution >= 0.6 is 23.2 Å². The maximum absolute atomic E-state index is 14.4. The number of halogens is 4. The Kier molecular flexibility index (Phi) is 5.61. The molecule has 5 rings (SSSR count). The topological polar surface area (TPSA) is 46.1 Å². The molecule has 0 radical (unpaired) electrons. The molecule has 3 heterocycles. The Hall–Kier alpha value is -2.57. The average molecular weight is 488 g/mol. The van der Waals surface area contributed by atoms with Crippen molar-refractivity contribution >= 4 is 29.1 Å². The number of carbonyl (C=O) groups excluding carboxylic acids is 1. The van der Waals surface area contributed by atoms with Crippen LogP contribution in [0, 0.1) is 24.5 Å². The molecule has 0 aliphatic carbocycles. The molecule has 170 valence electrons. The van der Waals surface area contributed by atoms with E-state index in [1.165, 1.54) is 24.3 Å². The number of aromatic nitrogens is 2. The van der Waals surface area contributed by atoms with E-state index in [0.29, 0.717) is 12.2 Å².